The molecular formula is C17H31IN4O2. The molecule has 0 saturated carbocycles. The molecule has 1 atom stereocenters. The van der Waals surface area contributed by atoms with Crippen LogP contribution in [0.5, 0.6) is 11.5 Å². The minimum atomic E-state index is 0. The maximum absolute atomic E-state index is 5.91. The number of rotatable bonds is 9. The van der Waals surface area contributed by atoms with E-state index in [1.807, 2.05) is 18.2 Å². The summed E-state index contributed by atoms with van der Waals surface area (Å²) in [4.78, 5) is 6.66. The van der Waals surface area contributed by atoms with E-state index in [4.69, 9.17) is 15.2 Å². The fraction of sp³-hybridized carbons (Fsp3) is 0.588. The Kier molecular flexibility index (Phi) is 11.6. The number of halogens is 1. The van der Waals surface area contributed by atoms with Gasteiger partial charge in [0.2, 0.25) is 0 Å². The largest absolute Gasteiger partial charge is 0.493 e. The van der Waals surface area contributed by atoms with Gasteiger partial charge in [-0.25, -0.2) is 4.99 Å². The Morgan fingerprint density at radius 1 is 1.29 bits per heavy atom. The molecule has 7 heteroatoms. The van der Waals surface area contributed by atoms with Gasteiger partial charge in [0, 0.05) is 19.1 Å². The van der Waals surface area contributed by atoms with E-state index in [-0.39, 0.29) is 24.0 Å². The SMILES string of the molecule is CCC(C)N(C)CCNC(N)=NCc1ccc(OC)c(OC)c1.I. The van der Waals surface area contributed by atoms with E-state index in [9.17, 15) is 0 Å². The molecule has 1 aromatic carbocycles. The molecule has 0 aliphatic rings. The fourth-order valence-corrected chi connectivity index (χ4v) is 2.10. The second-order valence-electron chi connectivity index (χ2n) is 5.56. The Morgan fingerprint density at radius 2 is 1.96 bits per heavy atom. The van der Waals surface area contributed by atoms with Crippen molar-refractivity contribution in [1.29, 1.82) is 0 Å². The van der Waals surface area contributed by atoms with Crippen molar-refractivity contribution in [2.45, 2.75) is 32.9 Å². The lowest BCUT2D eigenvalue weighted by atomic mass is 10.2. The predicted molar refractivity (Wildman–Crippen MR) is 111 cm³/mol. The standard InChI is InChI=1S/C17H30N4O2.HI/c1-6-13(2)21(3)10-9-19-17(18)20-12-14-7-8-15(22-4)16(11-14)23-5;/h7-8,11,13H,6,9-10,12H2,1-5H3,(H3,18,19,20);1H. The van der Waals surface area contributed by atoms with Crippen LogP contribution >= 0.6 is 24.0 Å². The van der Waals surface area contributed by atoms with Crippen LogP contribution in [0.2, 0.25) is 0 Å². The molecule has 3 N–H and O–H groups in total. The molecule has 0 aromatic heterocycles. The summed E-state index contributed by atoms with van der Waals surface area (Å²) in [5.74, 6) is 1.86. The number of aliphatic imine (C=N–C) groups is 1. The molecule has 24 heavy (non-hydrogen) atoms. The summed E-state index contributed by atoms with van der Waals surface area (Å²) >= 11 is 0. The van der Waals surface area contributed by atoms with Crippen molar-refractivity contribution in [3.8, 4) is 11.5 Å². The van der Waals surface area contributed by atoms with Gasteiger partial charge in [0.05, 0.1) is 20.8 Å². The zero-order chi connectivity index (χ0) is 17.2. The summed E-state index contributed by atoms with van der Waals surface area (Å²) < 4.78 is 10.5. The molecule has 0 heterocycles. The number of nitrogens with zero attached hydrogens (tertiary/aromatic N) is 2. The molecule has 0 aliphatic heterocycles. The number of guanidine groups is 1. The third kappa shape index (κ3) is 7.57. The molecule has 0 fully saturated rings. The summed E-state index contributed by atoms with van der Waals surface area (Å²) in [5, 5.41) is 3.14. The first-order chi connectivity index (χ1) is 11.0. The maximum atomic E-state index is 5.91. The maximum Gasteiger partial charge on any atom is 0.188 e. The molecule has 138 valence electrons. The van der Waals surface area contributed by atoms with E-state index in [0.717, 1.165) is 25.1 Å². The number of likely N-dealkylation sites (N-methyl/N-ethyl adjacent to an activating group) is 1. The zero-order valence-corrected chi connectivity index (χ0v) is 17.7. The van der Waals surface area contributed by atoms with Crippen molar-refractivity contribution in [1.82, 2.24) is 10.2 Å². The van der Waals surface area contributed by atoms with Gasteiger partial charge in [0.1, 0.15) is 0 Å². The molecule has 0 saturated heterocycles. The Bertz CT molecular complexity index is 511. The fourth-order valence-electron chi connectivity index (χ4n) is 2.10. The second kappa shape index (κ2) is 12.2. The minimum Gasteiger partial charge on any atom is -0.493 e. The van der Waals surface area contributed by atoms with Gasteiger partial charge in [-0.3, -0.25) is 0 Å². The highest BCUT2D eigenvalue weighted by Gasteiger charge is 2.06. The van der Waals surface area contributed by atoms with E-state index < -0.39 is 0 Å². The van der Waals surface area contributed by atoms with Crippen LogP contribution in [0.25, 0.3) is 0 Å². The number of hydrogen-bond acceptors (Lipinski definition) is 4. The molecule has 6 nitrogen and oxygen atoms in total. The predicted octanol–water partition coefficient (Wildman–Crippen LogP) is 2.46. The number of nitrogens with two attached hydrogens (primary N) is 1. The van der Waals surface area contributed by atoms with E-state index in [1.165, 1.54) is 0 Å². The first-order valence-corrected chi connectivity index (χ1v) is 7.96. The summed E-state index contributed by atoms with van der Waals surface area (Å²) in [6.45, 7) is 6.62. The Hall–Kier alpha value is -1.22. The van der Waals surface area contributed by atoms with Crippen molar-refractivity contribution in [2.75, 3.05) is 34.4 Å². The van der Waals surface area contributed by atoms with Gasteiger partial charge >= 0.3 is 0 Å². The van der Waals surface area contributed by atoms with Gasteiger partial charge < -0.3 is 25.4 Å². The molecular weight excluding hydrogens is 419 g/mol. The number of ether oxygens (including phenoxy) is 2. The number of nitrogens with one attached hydrogen (secondary N) is 1. The third-order valence-electron chi connectivity index (χ3n) is 3.99. The van der Waals surface area contributed by atoms with Gasteiger partial charge in [-0.1, -0.05) is 13.0 Å². The lowest BCUT2D eigenvalue weighted by molar-refractivity contribution is 0.256. The van der Waals surface area contributed by atoms with Gasteiger partial charge in [-0.2, -0.15) is 0 Å². The third-order valence-corrected chi connectivity index (χ3v) is 3.99. The van der Waals surface area contributed by atoms with Gasteiger partial charge in [0.25, 0.3) is 0 Å². The van der Waals surface area contributed by atoms with Crippen molar-refractivity contribution in [2.24, 2.45) is 10.7 Å². The molecule has 0 aliphatic carbocycles. The first-order valence-electron chi connectivity index (χ1n) is 7.96. The van der Waals surface area contributed by atoms with Crippen molar-refractivity contribution < 1.29 is 9.47 Å². The van der Waals surface area contributed by atoms with Crippen LogP contribution in [0.4, 0.5) is 0 Å². The van der Waals surface area contributed by atoms with Crippen LogP contribution < -0.4 is 20.5 Å². The van der Waals surface area contributed by atoms with Crippen LogP contribution in [0, 0.1) is 0 Å². The number of methoxy groups -OCH3 is 2. The highest BCUT2D eigenvalue weighted by molar-refractivity contribution is 14.0. The zero-order valence-electron chi connectivity index (χ0n) is 15.3. The Morgan fingerprint density at radius 3 is 2.54 bits per heavy atom. The molecule has 0 bridgehead atoms. The number of hydrogen-bond donors (Lipinski definition) is 2. The van der Waals surface area contributed by atoms with Crippen LogP contribution in [0.15, 0.2) is 23.2 Å². The normalized spacial score (nSPS) is 12.5. The molecule has 0 radical (unpaired) electrons. The lowest BCUT2D eigenvalue weighted by Gasteiger charge is -2.23. The molecule has 0 amide bonds. The summed E-state index contributed by atoms with van der Waals surface area (Å²) in [5.41, 5.74) is 6.93. The molecule has 1 aromatic rings. The molecule has 0 spiro atoms. The first kappa shape index (κ1) is 22.8. The summed E-state index contributed by atoms with van der Waals surface area (Å²) in [6, 6.07) is 6.30. The van der Waals surface area contributed by atoms with Gasteiger partial charge in [-0.05, 0) is 38.1 Å². The van der Waals surface area contributed by atoms with Crippen molar-refractivity contribution in [3.05, 3.63) is 23.8 Å². The quantitative estimate of drug-likeness (QED) is 0.344. The molecule has 1 unspecified atom stereocenters. The van der Waals surface area contributed by atoms with Gasteiger partial charge in [0.15, 0.2) is 17.5 Å². The van der Waals surface area contributed by atoms with Crippen LogP contribution in [0.3, 0.4) is 0 Å². The monoisotopic (exact) mass is 450 g/mol. The van der Waals surface area contributed by atoms with Crippen molar-refractivity contribution >= 4 is 29.9 Å². The Labute approximate surface area is 162 Å². The van der Waals surface area contributed by atoms with E-state index in [0.29, 0.717) is 30.0 Å². The topological polar surface area (TPSA) is 72.1 Å². The number of benzene rings is 1. The van der Waals surface area contributed by atoms with Crippen molar-refractivity contribution in [3.63, 3.8) is 0 Å². The van der Waals surface area contributed by atoms with Gasteiger partial charge in [-0.15, -0.1) is 24.0 Å². The minimum absolute atomic E-state index is 0. The highest BCUT2D eigenvalue weighted by Crippen LogP contribution is 2.27. The summed E-state index contributed by atoms with van der Waals surface area (Å²) in [7, 11) is 5.36. The van der Waals surface area contributed by atoms with Crippen LogP contribution in [-0.2, 0) is 6.54 Å². The van der Waals surface area contributed by atoms with E-state index in [2.05, 4.69) is 36.1 Å². The van der Waals surface area contributed by atoms with Crippen LogP contribution in [-0.4, -0.2) is 51.3 Å². The Balaban J connectivity index is 0.00000529. The lowest BCUT2D eigenvalue weighted by Crippen LogP contribution is -2.39. The average molecular weight is 450 g/mol. The second-order valence-corrected chi connectivity index (χ2v) is 5.56. The van der Waals surface area contributed by atoms with E-state index in [1.54, 1.807) is 14.2 Å². The summed E-state index contributed by atoms with van der Waals surface area (Å²) in [6.07, 6.45) is 1.14. The average Bonchev–Trinajstić information content (AvgIpc) is 2.58. The smallest absolute Gasteiger partial charge is 0.188 e. The molecule has 1 rings (SSSR count). The highest BCUT2D eigenvalue weighted by atomic mass is 127. The van der Waals surface area contributed by atoms with Crippen LogP contribution in [0.1, 0.15) is 25.8 Å². The van der Waals surface area contributed by atoms with E-state index >= 15 is 0 Å².